The van der Waals surface area contributed by atoms with Gasteiger partial charge in [-0.2, -0.15) is 5.10 Å². The number of nitrogens with one attached hydrogen (secondary N) is 1. The van der Waals surface area contributed by atoms with Crippen molar-refractivity contribution in [1.82, 2.24) is 5.43 Å². The van der Waals surface area contributed by atoms with Gasteiger partial charge in [0.1, 0.15) is 0 Å². The quantitative estimate of drug-likeness (QED) is 0.777. The summed E-state index contributed by atoms with van der Waals surface area (Å²) in [6.45, 7) is 4.07. The molecule has 1 aliphatic rings. The molecule has 1 aromatic rings. The number of nitrogens with zero attached hydrogens (tertiary/aromatic N) is 1. The summed E-state index contributed by atoms with van der Waals surface area (Å²) in [4.78, 5) is 11.8. The normalized spacial score (nSPS) is 17.1. The van der Waals surface area contributed by atoms with Gasteiger partial charge < -0.3 is 0 Å². The summed E-state index contributed by atoms with van der Waals surface area (Å²) in [5.74, 6) is -0.157. The average Bonchev–Trinajstić information content (AvgIpc) is 2.73. The van der Waals surface area contributed by atoms with Crippen molar-refractivity contribution in [3.63, 3.8) is 0 Å². The minimum atomic E-state index is -0.157. The fourth-order valence-electron chi connectivity index (χ4n) is 1.73. The summed E-state index contributed by atoms with van der Waals surface area (Å²) >= 11 is 0. The molecule has 0 spiro atoms. The zero-order valence-corrected chi connectivity index (χ0v) is 10.2. The Morgan fingerprint density at radius 2 is 1.88 bits per heavy atom. The van der Waals surface area contributed by atoms with Gasteiger partial charge in [0.25, 0.3) is 5.91 Å². The molecule has 0 saturated heterocycles. The van der Waals surface area contributed by atoms with Crippen LogP contribution in [0.4, 0.5) is 0 Å². The number of hydrogen-bond acceptors (Lipinski definition) is 2. The summed E-state index contributed by atoms with van der Waals surface area (Å²) in [6.07, 6.45) is 3.98. The van der Waals surface area contributed by atoms with Gasteiger partial charge in [0, 0.05) is 5.56 Å². The number of hydrazone groups is 1. The Kier molecular flexibility index (Phi) is 3.38. The maximum absolute atomic E-state index is 11.8. The zero-order valence-electron chi connectivity index (χ0n) is 10.2. The second-order valence-electron chi connectivity index (χ2n) is 4.40. The van der Waals surface area contributed by atoms with E-state index in [9.17, 15) is 4.79 Å². The van der Waals surface area contributed by atoms with Gasteiger partial charge >= 0.3 is 0 Å². The lowest BCUT2D eigenvalue weighted by Gasteiger charge is -2.01. The molecule has 0 aromatic heterocycles. The monoisotopic (exact) mass is 228 g/mol. The van der Waals surface area contributed by atoms with Gasteiger partial charge in [-0.3, -0.25) is 4.79 Å². The molecule has 3 heteroatoms. The van der Waals surface area contributed by atoms with E-state index in [0.717, 1.165) is 24.1 Å². The van der Waals surface area contributed by atoms with Gasteiger partial charge in [0.15, 0.2) is 0 Å². The van der Waals surface area contributed by atoms with Crippen LogP contribution in [0.5, 0.6) is 0 Å². The fraction of sp³-hybridized carbons (Fsp3) is 0.286. The van der Waals surface area contributed by atoms with Crippen molar-refractivity contribution < 1.29 is 4.79 Å². The Labute approximate surface area is 101 Å². The Hall–Kier alpha value is -1.90. The van der Waals surface area contributed by atoms with E-state index >= 15 is 0 Å². The van der Waals surface area contributed by atoms with Gasteiger partial charge in [-0.15, -0.1) is 0 Å². The van der Waals surface area contributed by atoms with Crippen LogP contribution in [0, 0.1) is 6.92 Å². The molecule has 17 heavy (non-hydrogen) atoms. The number of benzene rings is 1. The van der Waals surface area contributed by atoms with Crippen LogP contribution in [0.3, 0.4) is 0 Å². The first-order valence-electron chi connectivity index (χ1n) is 5.76. The molecular weight excluding hydrogens is 212 g/mol. The third-order valence-corrected chi connectivity index (χ3v) is 2.80. The lowest BCUT2D eigenvalue weighted by molar-refractivity contribution is 0.0955. The third-order valence-electron chi connectivity index (χ3n) is 2.80. The predicted molar refractivity (Wildman–Crippen MR) is 69.1 cm³/mol. The van der Waals surface area contributed by atoms with Gasteiger partial charge in [-0.05, 0) is 44.9 Å². The highest BCUT2D eigenvalue weighted by molar-refractivity contribution is 6.00. The first-order chi connectivity index (χ1) is 8.15. The van der Waals surface area contributed by atoms with Crippen LogP contribution < -0.4 is 5.43 Å². The average molecular weight is 228 g/mol. The number of allylic oxidation sites excluding steroid dienone is 2. The highest BCUT2D eigenvalue weighted by Crippen LogP contribution is 2.14. The highest BCUT2D eigenvalue weighted by Gasteiger charge is 2.08. The Morgan fingerprint density at radius 3 is 2.47 bits per heavy atom. The Balaban J connectivity index is 2.00. The first kappa shape index (κ1) is 11.6. The van der Waals surface area contributed by atoms with Crippen molar-refractivity contribution in [3.05, 3.63) is 47.0 Å². The third kappa shape index (κ3) is 3.03. The number of aryl methyl sites for hydroxylation is 1. The van der Waals surface area contributed by atoms with Crippen LogP contribution in [0.1, 0.15) is 35.7 Å². The molecule has 0 unspecified atom stereocenters. The fourth-order valence-corrected chi connectivity index (χ4v) is 1.73. The van der Waals surface area contributed by atoms with Crippen LogP contribution in [0.2, 0.25) is 0 Å². The molecule has 0 saturated carbocycles. The van der Waals surface area contributed by atoms with Crippen molar-refractivity contribution in [2.75, 3.05) is 0 Å². The van der Waals surface area contributed by atoms with Crippen LogP contribution in [0.15, 0.2) is 41.0 Å². The summed E-state index contributed by atoms with van der Waals surface area (Å²) in [6, 6.07) is 7.45. The number of amides is 1. The summed E-state index contributed by atoms with van der Waals surface area (Å²) in [5, 5.41) is 4.11. The molecule has 88 valence electrons. The van der Waals surface area contributed by atoms with Crippen molar-refractivity contribution in [3.8, 4) is 0 Å². The topological polar surface area (TPSA) is 41.5 Å². The smallest absolute Gasteiger partial charge is 0.267 e. The molecule has 0 heterocycles. The maximum Gasteiger partial charge on any atom is 0.271 e. The van der Waals surface area contributed by atoms with Crippen molar-refractivity contribution in [1.29, 1.82) is 0 Å². The number of carbonyl (C=O) groups is 1. The molecule has 1 aliphatic carbocycles. The predicted octanol–water partition coefficient (Wildman–Crippen LogP) is 2.82. The van der Waals surface area contributed by atoms with Crippen molar-refractivity contribution in [2.24, 2.45) is 5.10 Å². The molecule has 1 aromatic carbocycles. The van der Waals surface area contributed by atoms with E-state index in [0.29, 0.717) is 5.56 Å². The minimum absolute atomic E-state index is 0.157. The molecule has 0 bridgehead atoms. The molecular formula is C14H16N2O. The van der Waals surface area contributed by atoms with E-state index in [1.807, 2.05) is 25.1 Å². The summed E-state index contributed by atoms with van der Waals surface area (Å²) < 4.78 is 0. The molecule has 0 aliphatic heterocycles. The largest absolute Gasteiger partial charge is 0.271 e. The second-order valence-corrected chi connectivity index (χ2v) is 4.40. The van der Waals surface area contributed by atoms with E-state index in [1.165, 1.54) is 5.57 Å². The standard InChI is InChI=1S/C14H16N2O/c1-10-3-6-12(7-4-10)14(17)16-15-13-8-5-11(2)9-13/h3-4,6-7,9H,5,8H2,1-2H3,(H,16,17)/b15-13+. The van der Waals surface area contributed by atoms with E-state index in [2.05, 4.69) is 17.5 Å². The van der Waals surface area contributed by atoms with Crippen LogP contribution >= 0.6 is 0 Å². The van der Waals surface area contributed by atoms with E-state index in [1.54, 1.807) is 12.1 Å². The minimum Gasteiger partial charge on any atom is -0.267 e. The summed E-state index contributed by atoms with van der Waals surface area (Å²) in [7, 11) is 0. The second kappa shape index (κ2) is 4.95. The maximum atomic E-state index is 11.8. The lowest BCUT2D eigenvalue weighted by atomic mass is 10.1. The molecule has 1 amide bonds. The molecule has 0 fully saturated rings. The Morgan fingerprint density at radius 1 is 1.18 bits per heavy atom. The summed E-state index contributed by atoms with van der Waals surface area (Å²) in [5.41, 5.74) is 6.62. The highest BCUT2D eigenvalue weighted by atomic mass is 16.2. The Bertz CT molecular complexity index is 483. The van der Waals surface area contributed by atoms with Crippen LogP contribution in [-0.2, 0) is 0 Å². The van der Waals surface area contributed by atoms with E-state index in [4.69, 9.17) is 0 Å². The van der Waals surface area contributed by atoms with Crippen LogP contribution in [-0.4, -0.2) is 11.6 Å². The first-order valence-corrected chi connectivity index (χ1v) is 5.76. The SMILES string of the molecule is CC1=C/C(=N/NC(=O)c2ccc(C)cc2)CC1. The molecule has 0 radical (unpaired) electrons. The molecule has 3 nitrogen and oxygen atoms in total. The van der Waals surface area contributed by atoms with E-state index < -0.39 is 0 Å². The molecule has 0 atom stereocenters. The van der Waals surface area contributed by atoms with Gasteiger partial charge in [-0.25, -0.2) is 5.43 Å². The zero-order chi connectivity index (χ0) is 12.3. The number of rotatable bonds is 2. The van der Waals surface area contributed by atoms with Gasteiger partial charge in [0.2, 0.25) is 0 Å². The number of hydrogen-bond donors (Lipinski definition) is 1. The van der Waals surface area contributed by atoms with E-state index in [-0.39, 0.29) is 5.91 Å². The van der Waals surface area contributed by atoms with Crippen molar-refractivity contribution in [2.45, 2.75) is 26.7 Å². The number of carbonyl (C=O) groups excluding carboxylic acids is 1. The van der Waals surface area contributed by atoms with Gasteiger partial charge in [0.05, 0.1) is 5.71 Å². The van der Waals surface area contributed by atoms with Crippen LogP contribution in [0.25, 0.3) is 0 Å². The lowest BCUT2D eigenvalue weighted by Crippen LogP contribution is -2.18. The van der Waals surface area contributed by atoms with Gasteiger partial charge in [-0.1, -0.05) is 23.3 Å². The molecule has 2 rings (SSSR count). The van der Waals surface area contributed by atoms with Crippen molar-refractivity contribution >= 4 is 11.6 Å². The molecule has 1 N–H and O–H groups in total.